The summed E-state index contributed by atoms with van der Waals surface area (Å²) in [5.41, 5.74) is 2.39. The maximum atomic E-state index is 12.3. The molecule has 8 heteroatoms. The summed E-state index contributed by atoms with van der Waals surface area (Å²) < 4.78 is 11.0. The van der Waals surface area contributed by atoms with Gasteiger partial charge in [-0.2, -0.15) is 0 Å². The molecule has 5 nitrogen and oxygen atoms in total. The van der Waals surface area contributed by atoms with Crippen LogP contribution < -0.4 is 4.74 Å². The molecule has 1 aromatic heterocycles. The predicted octanol–water partition coefficient (Wildman–Crippen LogP) is 6.74. The van der Waals surface area contributed by atoms with Gasteiger partial charge in [0, 0.05) is 20.6 Å². The average molecular weight is 460 g/mol. The Hall–Kier alpha value is -2.86. The Balaban J connectivity index is 1.41. The van der Waals surface area contributed by atoms with E-state index >= 15 is 0 Å². The number of fused-ring (bicyclic) bond motifs is 1. The van der Waals surface area contributed by atoms with Gasteiger partial charge in [-0.3, -0.25) is 0 Å². The first-order chi connectivity index (χ1) is 14.5. The molecule has 0 spiro atoms. The van der Waals surface area contributed by atoms with Gasteiger partial charge in [0.25, 0.3) is 0 Å². The molecule has 150 valence electrons. The van der Waals surface area contributed by atoms with Crippen LogP contribution in [-0.2, 0) is 11.3 Å². The van der Waals surface area contributed by atoms with Crippen LogP contribution in [0.2, 0.25) is 15.1 Å². The smallest absolute Gasteiger partial charge is 0.338 e. The number of carbonyl (C=O) groups excluding carboxylic acids is 1. The van der Waals surface area contributed by atoms with Crippen LogP contribution in [0.15, 0.2) is 66.9 Å². The van der Waals surface area contributed by atoms with Crippen molar-refractivity contribution in [1.29, 1.82) is 0 Å². The molecule has 4 aromatic rings. The lowest BCUT2D eigenvalue weighted by molar-refractivity contribution is 0.0473. The molecule has 0 saturated heterocycles. The van der Waals surface area contributed by atoms with Crippen molar-refractivity contribution in [2.75, 3.05) is 0 Å². The van der Waals surface area contributed by atoms with E-state index in [1.54, 1.807) is 60.7 Å². The van der Waals surface area contributed by atoms with E-state index in [1.165, 1.54) is 6.20 Å². The van der Waals surface area contributed by atoms with Gasteiger partial charge in [0.1, 0.15) is 12.4 Å². The molecule has 0 fully saturated rings. The van der Waals surface area contributed by atoms with E-state index in [0.717, 1.165) is 0 Å². The van der Waals surface area contributed by atoms with Crippen LogP contribution in [0, 0.1) is 0 Å². The third-order valence-electron chi connectivity index (χ3n) is 4.17. The van der Waals surface area contributed by atoms with Gasteiger partial charge < -0.3 is 9.47 Å². The summed E-state index contributed by atoms with van der Waals surface area (Å²) in [4.78, 5) is 20.9. The van der Waals surface area contributed by atoms with Gasteiger partial charge in [0.05, 0.1) is 22.8 Å². The quantitative estimate of drug-likeness (QED) is 0.309. The Morgan fingerprint density at radius 2 is 1.60 bits per heavy atom. The van der Waals surface area contributed by atoms with Gasteiger partial charge in [0.2, 0.25) is 5.88 Å². The summed E-state index contributed by atoms with van der Waals surface area (Å²) >= 11 is 17.9. The minimum Gasteiger partial charge on any atom is -0.457 e. The fourth-order valence-corrected chi connectivity index (χ4v) is 3.29. The van der Waals surface area contributed by atoms with E-state index in [9.17, 15) is 4.79 Å². The number of nitrogens with zero attached hydrogens (tertiary/aromatic N) is 2. The van der Waals surface area contributed by atoms with Crippen molar-refractivity contribution in [3.63, 3.8) is 0 Å². The zero-order valence-electron chi connectivity index (χ0n) is 15.3. The first-order valence-electron chi connectivity index (χ1n) is 8.79. The second-order valence-electron chi connectivity index (χ2n) is 6.28. The number of ether oxygens (including phenoxy) is 2. The van der Waals surface area contributed by atoms with Crippen molar-refractivity contribution in [1.82, 2.24) is 9.97 Å². The summed E-state index contributed by atoms with van der Waals surface area (Å²) in [5, 5.41) is 1.55. The number of esters is 1. The molecule has 3 aromatic carbocycles. The van der Waals surface area contributed by atoms with Crippen LogP contribution in [0.25, 0.3) is 11.0 Å². The van der Waals surface area contributed by atoms with Gasteiger partial charge in [-0.1, -0.05) is 40.9 Å². The zero-order chi connectivity index (χ0) is 21.1. The number of benzene rings is 3. The Morgan fingerprint density at radius 1 is 0.867 bits per heavy atom. The normalized spacial score (nSPS) is 10.8. The van der Waals surface area contributed by atoms with Crippen LogP contribution >= 0.6 is 34.8 Å². The van der Waals surface area contributed by atoms with Crippen LogP contribution in [0.1, 0.15) is 15.9 Å². The zero-order valence-corrected chi connectivity index (χ0v) is 17.6. The van der Waals surface area contributed by atoms with Gasteiger partial charge in [0.15, 0.2) is 0 Å². The van der Waals surface area contributed by atoms with E-state index in [2.05, 4.69) is 9.97 Å². The minimum atomic E-state index is -0.477. The molecule has 0 aliphatic heterocycles. The van der Waals surface area contributed by atoms with E-state index in [-0.39, 0.29) is 6.61 Å². The van der Waals surface area contributed by atoms with E-state index in [4.69, 9.17) is 44.3 Å². The van der Waals surface area contributed by atoms with Crippen molar-refractivity contribution < 1.29 is 14.3 Å². The monoisotopic (exact) mass is 458 g/mol. The number of rotatable bonds is 5. The van der Waals surface area contributed by atoms with Crippen LogP contribution in [-0.4, -0.2) is 15.9 Å². The summed E-state index contributed by atoms with van der Waals surface area (Å²) in [6.45, 7) is 0.0454. The molecule has 4 rings (SSSR count). The van der Waals surface area contributed by atoms with Crippen molar-refractivity contribution in [2.45, 2.75) is 6.61 Å². The molecule has 0 atom stereocenters. The van der Waals surface area contributed by atoms with Gasteiger partial charge in [-0.05, 0) is 54.6 Å². The second-order valence-corrected chi connectivity index (χ2v) is 7.56. The van der Waals surface area contributed by atoms with Crippen LogP contribution in [0.4, 0.5) is 0 Å². The SMILES string of the molecule is O=C(OCc1ccc(Cl)cc1Cl)c1ccc(Oc2cnc3cc(Cl)ccc3n2)cc1. The van der Waals surface area contributed by atoms with Crippen molar-refractivity contribution in [3.8, 4) is 11.6 Å². The Kier molecular flexibility index (Phi) is 6.04. The predicted molar refractivity (Wildman–Crippen MR) is 117 cm³/mol. The summed E-state index contributed by atoms with van der Waals surface area (Å²) in [5.74, 6) is 0.363. The number of aromatic nitrogens is 2. The molecule has 0 aliphatic rings. The molecule has 0 radical (unpaired) electrons. The van der Waals surface area contributed by atoms with E-state index < -0.39 is 5.97 Å². The lowest BCUT2D eigenvalue weighted by Crippen LogP contribution is -2.05. The molecule has 0 bridgehead atoms. The Bertz CT molecular complexity index is 1230. The molecule has 0 amide bonds. The van der Waals surface area contributed by atoms with E-state index in [1.807, 2.05) is 0 Å². The first-order valence-corrected chi connectivity index (χ1v) is 9.92. The number of hydrogen-bond donors (Lipinski definition) is 0. The molecule has 30 heavy (non-hydrogen) atoms. The standard InChI is InChI=1S/C22H13Cl3N2O3/c23-15-4-1-14(18(25)9-15)12-29-22(28)13-2-6-17(7-3-13)30-21-11-26-20-10-16(24)5-8-19(20)27-21/h1-11H,12H2. The van der Waals surface area contributed by atoms with Crippen molar-refractivity contribution in [3.05, 3.63) is 93.1 Å². The lowest BCUT2D eigenvalue weighted by atomic mass is 10.2. The maximum absolute atomic E-state index is 12.3. The summed E-state index contributed by atoms with van der Waals surface area (Å²) in [6.07, 6.45) is 1.51. The lowest BCUT2D eigenvalue weighted by Gasteiger charge is -2.08. The topological polar surface area (TPSA) is 61.3 Å². The second kappa shape index (κ2) is 8.88. The van der Waals surface area contributed by atoms with Crippen molar-refractivity contribution >= 4 is 51.8 Å². The van der Waals surface area contributed by atoms with Crippen molar-refractivity contribution in [2.24, 2.45) is 0 Å². The van der Waals surface area contributed by atoms with Gasteiger partial charge in [-0.15, -0.1) is 0 Å². The highest BCUT2D eigenvalue weighted by atomic mass is 35.5. The van der Waals surface area contributed by atoms with E-state index in [0.29, 0.717) is 48.9 Å². The Morgan fingerprint density at radius 3 is 2.37 bits per heavy atom. The fourth-order valence-electron chi connectivity index (χ4n) is 2.66. The Labute approximate surface area is 187 Å². The van der Waals surface area contributed by atoms with Gasteiger partial charge in [-0.25, -0.2) is 14.8 Å². The van der Waals surface area contributed by atoms with Crippen LogP contribution in [0.5, 0.6) is 11.6 Å². The number of hydrogen-bond acceptors (Lipinski definition) is 5. The molecule has 1 heterocycles. The molecule has 0 aliphatic carbocycles. The molecule has 0 unspecified atom stereocenters. The molecule has 0 saturated carbocycles. The number of halogens is 3. The minimum absolute atomic E-state index is 0.0454. The molecule has 0 N–H and O–H groups in total. The first kappa shape index (κ1) is 20.4. The average Bonchev–Trinajstić information content (AvgIpc) is 2.73. The van der Waals surface area contributed by atoms with Gasteiger partial charge >= 0.3 is 5.97 Å². The van der Waals surface area contributed by atoms with Crippen LogP contribution in [0.3, 0.4) is 0 Å². The summed E-state index contributed by atoms with van der Waals surface area (Å²) in [6, 6.07) is 16.8. The number of carbonyl (C=O) groups is 1. The largest absolute Gasteiger partial charge is 0.457 e. The third-order valence-corrected chi connectivity index (χ3v) is 4.99. The fraction of sp³-hybridized carbons (Fsp3) is 0.0455. The molecular formula is C22H13Cl3N2O3. The highest BCUT2D eigenvalue weighted by molar-refractivity contribution is 6.35. The maximum Gasteiger partial charge on any atom is 0.338 e. The third kappa shape index (κ3) is 4.82. The highest BCUT2D eigenvalue weighted by Gasteiger charge is 2.10. The summed E-state index contributed by atoms with van der Waals surface area (Å²) in [7, 11) is 0. The molecular weight excluding hydrogens is 447 g/mol. The highest BCUT2D eigenvalue weighted by Crippen LogP contribution is 2.24.